The fourth-order valence-corrected chi connectivity index (χ4v) is 8.41. The van der Waals surface area contributed by atoms with Crippen molar-refractivity contribution in [3.05, 3.63) is 21.3 Å². The second kappa shape index (κ2) is 13.3. The zero-order valence-electron chi connectivity index (χ0n) is 14.3. The minimum Gasteiger partial charge on any atom is -0.694 e. The molecule has 0 heterocycles. The summed E-state index contributed by atoms with van der Waals surface area (Å²) in [5, 5.41) is 0. The molecule has 0 amide bonds. The van der Waals surface area contributed by atoms with Gasteiger partial charge in [0, 0.05) is 6.61 Å². The molecule has 0 N–H and O–H groups in total. The Morgan fingerprint density at radius 1 is 0.947 bits per heavy atom. The molecule has 0 rings (SSSR count). The van der Waals surface area contributed by atoms with Crippen LogP contribution in [0.1, 0.15) is 54.4 Å². The van der Waals surface area contributed by atoms with E-state index in [9.17, 15) is 0 Å². The van der Waals surface area contributed by atoms with Crippen LogP contribution in [0.3, 0.4) is 0 Å². The van der Waals surface area contributed by atoms with Gasteiger partial charge in [0.25, 0.3) is 0 Å². The second-order valence-corrected chi connectivity index (χ2v) is 10.9. The summed E-state index contributed by atoms with van der Waals surface area (Å²) < 4.78 is 6.33. The third-order valence-corrected chi connectivity index (χ3v) is 9.62. The van der Waals surface area contributed by atoms with Crippen LogP contribution in [0.2, 0.25) is 16.6 Å². The molecule has 1 nitrogen and oxygen atoms in total. The van der Waals surface area contributed by atoms with E-state index in [1.165, 1.54) is 0 Å². The van der Waals surface area contributed by atoms with Crippen molar-refractivity contribution < 1.29 is 4.43 Å². The van der Waals surface area contributed by atoms with Crippen LogP contribution in [0, 0.1) is 27.2 Å². The predicted molar refractivity (Wildman–Crippen MR) is 91.9 cm³/mol. The van der Waals surface area contributed by atoms with Crippen LogP contribution < -0.4 is 0 Å². The van der Waals surface area contributed by atoms with Crippen LogP contribution in [0.5, 0.6) is 0 Å². The van der Waals surface area contributed by atoms with E-state index in [-0.39, 0.29) is 32.2 Å². The summed E-state index contributed by atoms with van der Waals surface area (Å²) in [4.78, 5) is 0. The maximum atomic E-state index is 6.90. The van der Waals surface area contributed by atoms with Crippen molar-refractivity contribution >= 4 is 25.7 Å². The molecule has 3 heteroatoms. The first-order valence-corrected chi connectivity index (χ1v) is 8.57. The topological polar surface area (TPSA) is 9.23 Å². The quantitative estimate of drug-likeness (QED) is 0.276. The average molecular weight is 297 g/mol. The largest absolute Gasteiger partial charge is 3.00 e. The maximum absolute atomic E-state index is 6.90. The fourth-order valence-electron chi connectivity index (χ4n) is 2.91. The molecular formula is C16H33AlOSi. The molecule has 0 aromatic rings. The summed E-state index contributed by atoms with van der Waals surface area (Å²) in [7, 11) is -1.67. The number of hydrogen-bond acceptors (Lipinski definition) is 1. The molecule has 0 aromatic heterocycles. The second-order valence-electron chi connectivity index (χ2n) is 5.45. The van der Waals surface area contributed by atoms with Gasteiger partial charge in [-0.3, -0.25) is 0 Å². The van der Waals surface area contributed by atoms with Gasteiger partial charge in [0.05, 0.1) is 0 Å². The summed E-state index contributed by atoms with van der Waals surface area (Å²) >= 11 is 0. The SMILES string of the molecule is [Al+3].[C-]#CCCCO[Si](C(C)C)(C(C)C)C(C)C.[CH3-].[CH3-]. The van der Waals surface area contributed by atoms with Gasteiger partial charge >= 0.3 is 17.4 Å². The van der Waals surface area contributed by atoms with Crippen LogP contribution >= 0.6 is 0 Å². The maximum Gasteiger partial charge on any atom is 3.00 e. The van der Waals surface area contributed by atoms with Crippen molar-refractivity contribution in [2.75, 3.05) is 6.61 Å². The molecule has 0 radical (unpaired) electrons. The van der Waals surface area contributed by atoms with Crippen LogP contribution in [0.25, 0.3) is 0 Å². The van der Waals surface area contributed by atoms with Gasteiger partial charge < -0.3 is 31.6 Å². The van der Waals surface area contributed by atoms with Crippen LogP contribution in [0.4, 0.5) is 0 Å². The Labute approximate surface area is 135 Å². The molecule has 0 bridgehead atoms. The molecule has 19 heavy (non-hydrogen) atoms. The molecule has 0 fully saturated rings. The monoisotopic (exact) mass is 296 g/mol. The van der Waals surface area contributed by atoms with E-state index in [2.05, 4.69) is 47.5 Å². The molecule has 0 aliphatic heterocycles. The van der Waals surface area contributed by atoms with E-state index in [1.807, 2.05) is 0 Å². The van der Waals surface area contributed by atoms with Crippen molar-refractivity contribution in [1.82, 2.24) is 0 Å². The smallest absolute Gasteiger partial charge is 0.694 e. The van der Waals surface area contributed by atoms with Gasteiger partial charge in [-0.1, -0.05) is 41.5 Å². The zero-order valence-corrected chi connectivity index (χ0v) is 16.5. The molecule has 0 saturated carbocycles. The van der Waals surface area contributed by atoms with Gasteiger partial charge in [0.15, 0.2) is 8.32 Å². The van der Waals surface area contributed by atoms with Crippen LogP contribution in [-0.4, -0.2) is 32.3 Å². The first kappa shape index (κ1) is 27.6. The average Bonchev–Trinajstić information content (AvgIpc) is 2.16. The molecule has 0 aliphatic carbocycles. The van der Waals surface area contributed by atoms with Gasteiger partial charge in [-0.05, 0) is 29.5 Å². The van der Waals surface area contributed by atoms with Crippen LogP contribution in [0.15, 0.2) is 0 Å². The van der Waals surface area contributed by atoms with E-state index in [4.69, 9.17) is 10.8 Å². The molecular weight excluding hydrogens is 263 g/mol. The molecule has 110 valence electrons. The third kappa shape index (κ3) is 7.57. The molecule has 0 spiro atoms. The summed E-state index contributed by atoms with van der Waals surface area (Å²) in [6, 6.07) is 0. The molecule has 0 unspecified atom stereocenters. The normalized spacial score (nSPS) is 10.5. The van der Waals surface area contributed by atoms with Gasteiger partial charge in [-0.15, -0.1) is 0 Å². The van der Waals surface area contributed by atoms with E-state index < -0.39 is 8.32 Å². The van der Waals surface area contributed by atoms with Gasteiger partial charge in [0.2, 0.25) is 0 Å². The Bertz CT molecular complexity index is 210. The summed E-state index contributed by atoms with van der Waals surface area (Å²) in [6.45, 7) is 14.6. The summed E-state index contributed by atoms with van der Waals surface area (Å²) in [6.07, 6.45) is 8.55. The number of rotatable bonds is 7. The Morgan fingerprint density at radius 2 is 1.32 bits per heavy atom. The van der Waals surface area contributed by atoms with E-state index in [0.29, 0.717) is 16.6 Å². The first-order chi connectivity index (χ1) is 7.39. The van der Waals surface area contributed by atoms with Gasteiger partial charge in [-0.2, -0.15) is 0 Å². The predicted octanol–water partition coefficient (Wildman–Crippen LogP) is 5.07. The van der Waals surface area contributed by atoms with Crippen molar-refractivity contribution in [3.63, 3.8) is 0 Å². The van der Waals surface area contributed by atoms with Crippen molar-refractivity contribution in [1.29, 1.82) is 0 Å². The fraction of sp³-hybridized carbons (Fsp3) is 0.750. The zero-order chi connectivity index (χ0) is 12.8. The Balaban J connectivity index is -0.000000375. The molecule has 0 aliphatic rings. The van der Waals surface area contributed by atoms with Crippen molar-refractivity contribution in [2.45, 2.75) is 71.0 Å². The van der Waals surface area contributed by atoms with E-state index >= 15 is 0 Å². The summed E-state index contributed by atoms with van der Waals surface area (Å²) in [5.74, 6) is 2.43. The molecule has 0 saturated heterocycles. The van der Waals surface area contributed by atoms with Crippen molar-refractivity contribution in [2.24, 2.45) is 0 Å². The number of unbranched alkanes of at least 4 members (excludes halogenated alkanes) is 1. The Hall–Kier alpha value is 0.269. The van der Waals surface area contributed by atoms with Gasteiger partial charge in [0.1, 0.15) is 0 Å². The first-order valence-electron chi connectivity index (χ1n) is 6.43. The van der Waals surface area contributed by atoms with Crippen molar-refractivity contribution in [3.8, 4) is 5.92 Å². The standard InChI is InChI=1S/C14H27OSi.2CH3.Al/c1-8-9-10-11-15-16(12(2)3,13(4)5)14(6)7;;;/h12-14H,9-11H2,2-7H3;2*1H3;/q3*-1;+3. The molecule has 0 aromatic carbocycles. The Morgan fingerprint density at radius 3 is 1.58 bits per heavy atom. The van der Waals surface area contributed by atoms with Crippen LogP contribution in [-0.2, 0) is 4.43 Å². The minimum absolute atomic E-state index is 0. The molecule has 0 atom stereocenters. The summed E-state index contributed by atoms with van der Waals surface area (Å²) in [5.41, 5.74) is 1.95. The Kier molecular flexibility index (Phi) is 19.3. The minimum atomic E-state index is -1.67. The van der Waals surface area contributed by atoms with E-state index in [1.54, 1.807) is 0 Å². The van der Waals surface area contributed by atoms with E-state index in [0.717, 1.165) is 19.4 Å². The third-order valence-electron chi connectivity index (χ3n) is 3.51. The van der Waals surface area contributed by atoms with Gasteiger partial charge in [-0.25, -0.2) is 0 Å². The number of hydrogen-bond donors (Lipinski definition) is 0.